The van der Waals surface area contributed by atoms with E-state index in [9.17, 15) is 0 Å². The Morgan fingerprint density at radius 1 is 1.22 bits per heavy atom. The minimum Gasteiger partial charge on any atom is -0.491 e. The van der Waals surface area contributed by atoms with Gasteiger partial charge < -0.3 is 14.2 Å². The van der Waals surface area contributed by atoms with Crippen molar-refractivity contribution in [2.75, 3.05) is 26.9 Å². The lowest BCUT2D eigenvalue weighted by atomic mass is 10.2. The number of benzene rings is 1. The Hall–Kier alpha value is -1.32. The Morgan fingerprint density at radius 3 is 2.67 bits per heavy atom. The molecule has 1 aromatic rings. The van der Waals surface area contributed by atoms with Crippen molar-refractivity contribution in [3.05, 3.63) is 43.0 Å². The molecule has 1 rings (SSSR count). The van der Waals surface area contributed by atoms with Gasteiger partial charge in [0.25, 0.3) is 0 Å². The first kappa shape index (κ1) is 14.7. The van der Waals surface area contributed by atoms with Gasteiger partial charge in [0.2, 0.25) is 0 Å². The maximum atomic E-state index is 5.71. The van der Waals surface area contributed by atoms with Crippen LogP contribution in [0.25, 0.3) is 0 Å². The van der Waals surface area contributed by atoms with Crippen LogP contribution in [0.5, 0.6) is 5.75 Å². The van der Waals surface area contributed by atoms with Crippen LogP contribution in [0.2, 0.25) is 0 Å². The average Bonchev–Trinajstić information content (AvgIpc) is 2.42. The topological polar surface area (TPSA) is 27.7 Å². The number of ether oxygens (including phenoxy) is 3. The highest BCUT2D eigenvalue weighted by molar-refractivity contribution is 5.20. The number of methoxy groups -OCH3 is 1. The summed E-state index contributed by atoms with van der Waals surface area (Å²) in [6.45, 7) is 5.48. The van der Waals surface area contributed by atoms with Gasteiger partial charge in [-0.3, -0.25) is 0 Å². The lowest BCUT2D eigenvalue weighted by Gasteiger charge is -2.17. The maximum absolute atomic E-state index is 5.71. The van der Waals surface area contributed by atoms with Crippen molar-refractivity contribution in [1.29, 1.82) is 0 Å². The van der Waals surface area contributed by atoms with Crippen LogP contribution in [0.3, 0.4) is 0 Å². The summed E-state index contributed by atoms with van der Waals surface area (Å²) >= 11 is 0. The standard InChI is InChI=1S/C15H22O3/c1-3-4-8-15(17-12-11-16-2)13-18-14-9-6-5-7-10-14/h3,5-7,9-10,15H,1,4,8,11-13H2,2H3. The first-order valence-electron chi connectivity index (χ1n) is 6.26. The highest BCUT2D eigenvalue weighted by Crippen LogP contribution is 2.11. The molecule has 0 heterocycles. The van der Waals surface area contributed by atoms with Gasteiger partial charge in [-0.25, -0.2) is 0 Å². The number of allylic oxidation sites excluding steroid dienone is 1. The Balaban J connectivity index is 2.32. The third-order valence-electron chi connectivity index (χ3n) is 2.51. The second-order valence-electron chi connectivity index (χ2n) is 3.98. The third-order valence-corrected chi connectivity index (χ3v) is 2.51. The van der Waals surface area contributed by atoms with Gasteiger partial charge in [0.05, 0.1) is 19.3 Å². The van der Waals surface area contributed by atoms with Crippen LogP contribution >= 0.6 is 0 Å². The Labute approximate surface area is 109 Å². The SMILES string of the molecule is C=CCCC(COc1ccccc1)OCCOC. The highest BCUT2D eigenvalue weighted by atomic mass is 16.5. The van der Waals surface area contributed by atoms with E-state index in [4.69, 9.17) is 14.2 Å². The van der Waals surface area contributed by atoms with Crippen molar-refractivity contribution in [3.63, 3.8) is 0 Å². The van der Waals surface area contributed by atoms with E-state index in [1.54, 1.807) is 7.11 Å². The molecule has 0 N–H and O–H groups in total. The number of hydrogen-bond acceptors (Lipinski definition) is 3. The molecule has 3 nitrogen and oxygen atoms in total. The number of para-hydroxylation sites is 1. The van der Waals surface area contributed by atoms with Crippen LogP contribution in [-0.2, 0) is 9.47 Å². The lowest BCUT2D eigenvalue weighted by molar-refractivity contribution is -0.00872. The molecule has 0 aliphatic rings. The monoisotopic (exact) mass is 250 g/mol. The average molecular weight is 250 g/mol. The molecule has 0 spiro atoms. The molecule has 0 aliphatic carbocycles. The second-order valence-corrected chi connectivity index (χ2v) is 3.98. The minimum atomic E-state index is 0.0818. The van der Waals surface area contributed by atoms with Crippen molar-refractivity contribution in [3.8, 4) is 5.75 Å². The third kappa shape index (κ3) is 6.42. The largest absolute Gasteiger partial charge is 0.491 e. The fraction of sp³-hybridized carbons (Fsp3) is 0.467. The zero-order valence-corrected chi connectivity index (χ0v) is 11.0. The second kappa shape index (κ2) is 9.68. The molecule has 0 saturated carbocycles. The molecule has 100 valence electrons. The first-order chi connectivity index (χ1) is 8.86. The fourth-order valence-corrected chi connectivity index (χ4v) is 1.52. The molecule has 0 radical (unpaired) electrons. The molecule has 0 aromatic heterocycles. The summed E-state index contributed by atoms with van der Waals surface area (Å²) in [6, 6.07) is 9.77. The van der Waals surface area contributed by atoms with E-state index in [0.29, 0.717) is 19.8 Å². The van der Waals surface area contributed by atoms with Crippen LogP contribution in [0.4, 0.5) is 0 Å². The molecule has 0 saturated heterocycles. The molecular weight excluding hydrogens is 228 g/mol. The molecule has 0 fully saturated rings. The summed E-state index contributed by atoms with van der Waals surface area (Å²) in [6.07, 6.45) is 3.82. The summed E-state index contributed by atoms with van der Waals surface area (Å²) < 4.78 is 16.4. The smallest absolute Gasteiger partial charge is 0.119 e. The summed E-state index contributed by atoms with van der Waals surface area (Å²) in [5.74, 6) is 0.872. The van der Waals surface area contributed by atoms with Gasteiger partial charge in [0.1, 0.15) is 12.4 Å². The van der Waals surface area contributed by atoms with Crippen molar-refractivity contribution in [2.24, 2.45) is 0 Å². The molecule has 0 amide bonds. The quantitative estimate of drug-likeness (QED) is 0.472. The maximum Gasteiger partial charge on any atom is 0.119 e. The molecule has 3 heteroatoms. The van der Waals surface area contributed by atoms with E-state index < -0.39 is 0 Å². The molecule has 0 aliphatic heterocycles. The molecule has 18 heavy (non-hydrogen) atoms. The van der Waals surface area contributed by atoms with Gasteiger partial charge in [-0.1, -0.05) is 24.3 Å². The van der Waals surface area contributed by atoms with Crippen LogP contribution in [-0.4, -0.2) is 33.0 Å². The van der Waals surface area contributed by atoms with E-state index in [1.807, 2.05) is 36.4 Å². The Morgan fingerprint density at radius 2 is 2.00 bits per heavy atom. The van der Waals surface area contributed by atoms with E-state index in [0.717, 1.165) is 18.6 Å². The van der Waals surface area contributed by atoms with Gasteiger partial charge in [-0.2, -0.15) is 0 Å². The van der Waals surface area contributed by atoms with Gasteiger partial charge >= 0.3 is 0 Å². The van der Waals surface area contributed by atoms with E-state index >= 15 is 0 Å². The summed E-state index contributed by atoms with van der Waals surface area (Å²) in [7, 11) is 1.67. The van der Waals surface area contributed by atoms with Crippen LogP contribution in [0, 0.1) is 0 Å². The Kier molecular flexibility index (Phi) is 7.93. The van der Waals surface area contributed by atoms with E-state index in [1.165, 1.54) is 0 Å². The van der Waals surface area contributed by atoms with Gasteiger partial charge in [-0.05, 0) is 25.0 Å². The molecule has 1 aromatic carbocycles. The van der Waals surface area contributed by atoms with Crippen LogP contribution < -0.4 is 4.74 Å². The van der Waals surface area contributed by atoms with Gasteiger partial charge in [0.15, 0.2) is 0 Å². The highest BCUT2D eigenvalue weighted by Gasteiger charge is 2.09. The minimum absolute atomic E-state index is 0.0818. The summed E-state index contributed by atoms with van der Waals surface area (Å²) in [5, 5.41) is 0. The van der Waals surface area contributed by atoms with E-state index in [-0.39, 0.29) is 6.10 Å². The van der Waals surface area contributed by atoms with Crippen LogP contribution in [0.15, 0.2) is 43.0 Å². The molecule has 1 atom stereocenters. The van der Waals surface area contributed by atoms with Crippen molar-refractivity contribution in [2.45, 2.75) is 18.9 Å². The number of hydrogen-bond donors (Lipinski definition) is 0. The summed E-state index contributed by atoms with van der Waals surface area (Å²) in [4.78, 5) is 0. The molecule has 1 unspecified atom stereocenters. The van der Waals surface area contributed by atoms with Crippen molar-refractivity contribution in [1.82, 2.24) is 0 Å². The first-order valence-corrected chi connectivity index (χ1v) is 6.26. The normalized spacial score (nSPS) is 12.1. The predicted molar refractivity (Wildman–Crippen MR) is 73.0 cm³/mol. The fourth-order valence-electron chi connectivity index (χ4n) is 1.52. The molecular formula is C15H22O3. The predicted octanol–water partition coefficient (Wildman–Crippen LogP) is 3.06. The Bertz CT molecular complexity index is 311. The number of rotatable bonds is 10. The zero-order chi connectivity index (χ0) is 13.1. The van der Waals surface area contributed by atoms with Gasteiger partial charge in [0, 0.05) is 7.11 Å². The lowest BCUT2D eigenvalue weighted by Crippen LogP contribution is -2.23. The van der Waals surface area contributed by atoms with Crippen LogP contribution in [0.1, 0.15) is 12.8 Å². The zero-order valence-electron chi connectivity index (χ0n) is 11.0. The summed E-state index contributed by atoms with van der Waals surface area (Å²) in [5.41, 5.74) is 0. The molecule has 0 bridgehead atoms. The van der Waals surface area contributed by atoms with Crippen molar-refractivity contribution >= 4 is 0 Å². The van der Waals surface area contributed by atoms with Crippen molar-refractivity contribution < 1.29 is 14.2 Å². The van der Waals surface area contributed by atoms with E-state index in [2.05, 4.69) is 6.58 Å². The van der Waals surface area contributed by atoms with Gasteiger partial charge in [-0.15, -0.1) is 6.58 Å².